The molecule has 0 radical (unpaired) electrons. The molecule has 1 aliphatic heterocycles. The largest absolute Gasteiger partial charge is 0.392 e. The van der Waals surface area contributed by atoms with E-state index < -0.39 is 0 Å². The van der Waals surface area contributed by atoms with Gasteiger partial charge in [0.2, 0.25) is 5.91 Å². The number of hydrogen-bond acceptors (Lipinski definition) is 3. The molecule has 4 heteroatoms. The van der Waals surface area contributed by atoms with Crippen molar-refractivity contribution in [1.29, 1.82) is 0 Å². The average molecular weight is 214 g/mol. The zero-order valence-corrected chi connectivity index (χ0v) is 9.94. The Hall–Kier alpha value is -0.610. The zero-order chi connectivity index (χ0) is 11.4. The van der Waals surface area contributed by atoms with Crippen LogP contribution in [0.5, 0.6) is 0 Å². The highest BCUT2D eigenvalue weighted by atomic mass is 16.3. The van der Waals surface area contributed by atoms with Crippen molar-refractivity contribution in [2.75, 3.05) is 26.2 Å². The van der Waals surface area contributed by atoms with Gasteiger partial charge in [-0.15, -0.1) is 0 Å². The Bertz CT molecular complexity index is 219. The molecule has 0 spiro atoms. The highest BCUT2D eigenvalue weighted by Gasteiger charge is 2.25. The molecular formula is C11H22N2O2. The molecule has 0 bridgehead atoms. The second-order valence-corrected chi connectivity index (χ2v) is 4.38. The third-order valence-corrected chi connectivity index (χ3v) is 2.95. The van der Waals surface area contributed by atoms with Crippen LogP contribution in [0, 0.1) is 0 Å². The third kappa shape index (κ3) is 3.47. The summed E-state index contributed by atoms with van der Waals surface area (Å²) in [5.41, 5.74) is 0. The molecule has 1 N–H and O–H groups in total. The van der Waals surface area contributed by atoms with Crippen molar-refractivity contribution in [3.05, 3.63) is 0 Å². The van der Waals surface area contributed by atoms with Crippen LogP contribution >= 0.6 is 0 Å². The van der Waals surface area contributed by atoms with Crippen LogP contribution in [0.15, 0.2) is 0 Å². The summed E-state index contributed by atoms with van der Waals surface area (Å²) in [4.78, 5) is 15.7. The predicted octanol–water partition coefficient (Wildman–Crippen LogP) is 0.310. The van der Waals surface area contributed by atoms with E-state index in [2.05, 4.69) is 11.8 Å². The van der Waals surface area contributed by atoms with E-state index in [0.717, 1.165) is 19.6 Å². The van der Waals surface area contributed by atoms with Crippen molar-refractivity contribution in [2.24, 2.45) is 0 Å². The Balaban J connectivity index is 2.59. The molecule has 1 amide bonds. The maximum Gasteiger partial charge on any atom is 0.223 e. The van der Waals surface area contributed by atoms with Crippen molar-refractivity contribution in [2.45, 2.75) is 39.3 Å². The maximum absolute atomic E-state index is 11.7. The maximum atomic E-state index is 11.7. The SMILES string of the molecule is CCN1CC(C)N(CC(C)O)CCC1=O. The lowest BCUT2D eigenvalue weighted by Gasteiger charge is -2.29. The molecule has 88 valence electrons. The zero-order valence-electron chi connectivity index (χ0n) is 9.94. The van der Waals surface area contributed by atoms with Crippen LogP contribution < -0.4 is 0 Å². The molecule has 0 aliphatic carbocycles. The number of hydrogen-bond donors (Lipinski definition) is 1. The number of nitrogens with zero attached hydrogens (tertiary/aromatic N) is 2. The van der Waals surface area contributed by atoms with E-state index in [1.807, 2.05) is 11.8 Å². The molecule has 0 saturated carbocycles. The van der Waals surface area contributed by atoms with Crippen LogP contribution in [0.4, 0.5) is 0 Å². The smallest absolute Gasteiger partial charge is 0.223 e. The van der Waals surface area contributed by atoms with Crippen molar-refractivity contribution in [3.63, 3.8) is 0 Å². The number of amides is 1. The van der Waals surface area contributed by atoms with Gasteiger partial charge in [0, 0.05) is 38.6 Å². The first-order chi connectivity index (χ1) is 7.04. The van der Waals surface area contributed by atoms with Crippen LogP contribution in [-0.4, -0.2) is 59.1 Å². The molecule has 1 fully saturated rings. The van der Waals surface area contributed by atoms with Crippen molar-refractivity contribution < 1.29 is 9.90 Å². The van der Waals surface area contributed by atoms with Crippen LogP contribution in [0.1, 0.15) is 27.2 Å². The number of aliphatic hydroxyl groups excluding tert-OH is 1. The van der Waals surface area contributed by atoms with Gasteiger partial charge in [0.05, 0.1) is 6.10 Å². The van der Waals surface area contributed by atoms with E-state index >= 15 is 0 Å². The van der Waals surface area contributed by atoms with Crippen LogP contribution in [0.25, 0.3) is 0 Å². The minimum Gasteiger partial charge on any atom is -0.392 e. The summed E-state index contributed by atoms with van der Waals surface area (Å²) in [6, 6.07) is 0.339. The third-order valence-electron chi connectivity index (χ3n) is 2.95. The van der Waals surface area contributed by atoms with Gasteiger partial charge in [-0.1, -0.05) is 0 Å². The number of β-amino-alcohol motifs (C(OH)–C–C–N with tert-alkyl or cyclic N) is 1. The fourth-order valence-electron chi connectivity index (χ4n) is 2.07. The molecule has 15 heavy (non-hydrogen) atoms. The molecule has 0 aromatic carbocycles. The molecule has 1 rings (SSSR count). The van der Waals surface area contributed by atoms with E-state index in [0.29, 0.717) is 19.0 Å². The summed E-state index contributed by atoms with van der Waals surface area (Å²) in [6.45, 7) is 8.90. The minimum absolute atomic E-state index is 0.234. The normalized spacial score (nSPS) is 26.5. The van der Waals surface area contributed by atoms with E-state index in [1.54, 1.807) is 6.92 Å². The number of likely N-dealkylation sites (N-methyl/N-ethyl adjacent to an activating group) is 1. The molecule has 0 aromatic heterocycles. The van der Waals surface area contributed by atoms with Gasteiger partial charge in [0.25, 0.3) is 0 Å². The second kappa shape index (κ2) is 5.47. The Morgan fingerprint density at radius 2 is 2.27 bits per heavy atom. The second-order valence-electron chi connectivity index (χ2n) is 4.38. The minimum atomic E-state index is -0.323. The van der Waals surface area contributed by atoms with E-state index in [9.17, 15) is 9.90 Å². The lowest BCUT2D eigenvalue weighted by molar-refractivity contribution is -0.130. The standard InChI is InChI=1S/C11H22N2O2/c1-4-12-7-9(2)13(8-10(3)14)6-5-11(12)15/h9-10,14H,4-8H2,1-3H3. The summed E-state index contributed by atoms with van der Waals surface area (Å²) in [5.74, 6) is 0.234. The van der Waals surface area contributed by atoms with Gasteiger partial charge in [-0.05, 0) is 20.8 Å². The van der Waals surface area contributed by atoms with E-state index in [1.165, 1.54) is 0 Å². The number of rotatable bonds is 3. The quantitative estimate of drug-likeness (QED) is 0.735. The highest BCUT2D eigenvalue weighted by Crippen LogP contribution is 2.11. The van der Waals surface area contributed by atoms with Crippen LogP contribution in [-0.2, 0) is 4.79 Å². The van der Waals surface area contributed by atoms with E-state index in [-0.39, 0.29) is 12.0 Å². The lowest BCUT2D eigenvalue weighted by Crippen LogP contribution is -2.42. The fourth-order valence-corrected chi connectivity index (χ4v) is 2.07. The van der Waals surface area contributed by atoms with Crippen molar-refractivity contribution >= 4 is 5.91 Å². The topological polar surface area (TPSA) is 43.8 Å². The Kier molecular flexibility index (Phi) is 4.54. The van der Waals surface area contributed by atoms with Gasteiger partial charge in [-0.2, -0.15) is 0 Å². The van der Waals surface area contributed by atoms with Gasteiger partial charge < -0.3 is 10.0 Å². The molecule has 0 aromatic rings. The molecular weight excluding hydrogens is 192 g/mol. The Morgan fingerprint density at radius 1 is 1.60 bits per heavy atom. The first-order valence-electron chi connectivity index (χ1n) is 5.74. The molecule has 2 unspecified atom stereocenters. The highest BCUT2D eigenvalue weighted by molar-refractivity contribution is 5.76. The molecule has 1 saturated heterocycles. The monoisotopic (exact) mass is 214 g/mol. The van der Waals surface area contributed by atoms with Gasteiger partial charge in [0.15, 0.2) is 0 Å². The van der Waals surface area contributed by atoms with Crippen LogP contribution in [0.3, 0.4) is 0 Å². The average Bonchev–Trinajstić information content (AvgIpc) is 2.30. The first kappa shape index (κ1) is 12.5. The van der Waals surface area contributed by atoms with Crippen molar-refractivity contribution in [1.82, 2.24) is 9.80 Å². The molecule has 4 nitrogen and oxygen atoms in total. The lowest BCUT2D eigenvalue weighted by atomic mass is 10.2. The van der Waals surface area contributed by atoms with Gasteiger partial charge in [-0.3, -0.25) is 9.69 Å². The summed E-state index contributed by atoms with van der Waals surface area (Å²) >= 11 is 0. The summed E-state index contributed by atoms with van der Waals surface area (Å²) < 4.78 is 0. The van der Waals surface area contributed by atoms with Crippen LogP contribution in [0.2, 0.25) is 0 Å². The van der Waals surface area contributed by atoms with E-state index in [4.69, 9.17) is 0 Å². The van der Waals surface area contributed by atoms with Gasteiger partial charge >= 0.3 is 0 Å². The molecule has 2 atom stereocenters. The Morgan fingerprint density at radius 3 is 2.80 bits per heavy atom. The first-order valence-corrected chi connectivity index (χ1v) is 5.74. The summed E-state index contributed by atoms with van der Waals surface area (Å²) in [6.07, 6.45) is 0.251. The number of carbonyl (C=O) groups excluding carboxylic acids is 1. The number of aliphatic hydroxyl groups is 1. The van der Waals surface area contributed by atoms with Crippen molar-refractivity contribution in [3.8, 4) is 0 Å². The van der Waals surface area contributed by atoms with Gasteiger partial charge in [-0.25, -0.2) is 0 Å². The number of carbonyl (C=O) groups is 1. The summed E-state index contributed by atoms with van der Waals surface area (Å²) in [7, 11) is 0. The fraction of sp³-hybridized carbons (Fsp3) is 0.909. The molecule has 1 heterocycles. The Labute approximate surface area is 91.9 Å². The predicted molar refractivity (Wildman–Crippen MR) is 59.6 cm³/mol. The molecule has 1 aliphatic rings. The summed E-state index contributed by atoms with van der Waals surface area (Å²) in [5, 5.41) is 9.36. The van der Waals surface area contributed by atoms with Gasteiger partial charge in [0.1, 0.15) is 0 Å².